The van der Waals surface area contributed by atoms with E-state index in [1.54, 1.807) is 16.8 Å². The molecule has 0 bridgehead atoms. The van der Waals surface area contributed by atoms with E-state index < -0.39 is 10.0 Å². The molecule has 0 atom stereocenters. The van der Waals surface area contributed by atoms with E-state index in [1.165, 1.54) is 6.07 Å². The predicted octanol–water partition coefficient (Wildman–Crippen LogP) is 0.570. The number of anilines is 2. The first-order valence-electron chi connectivity index (χ1n) is 5.92. The molecule has 0 saturated heterocycles. The molecular weight excluding hydrogens is 278 g/mol. The first-order valence-corrected chi connectivity index (χ1v) is 7.47. The Bertz CT molecular complexity index is 736. The summed E-state index contributed by atoms with van der Waals surface area (Å²) in [6, 6.07) is 4.56. The quantitative estimate of drug-likeness (QED) is 0.713. The van der Waals surface area contributed by atoms with Gasteiger partial charge in [0.25, 0.3) is 0 Å². The Balaban J connectivity index is 2.28. The van der Waals surface area contributed by atoms with Gasteiger partial charge in [-0.3, -0.25) is 4.68 Å². The third-order valence-electron chi connectivity index (χ3n) is 2.90. The molecule has 0 radical (unpaired) electrons. The van der Waals surface area contributed by atoms with Crippen molar-refractivity contribution in [3.8, 4) is 0 Å². The highest BCUT2D eigenvalue weighted by atomic mass is 32.2. The molecule has 1 heterocycles. The Morgan fingerprint density at radius 1 is 1.40 bits per heavy atom. The number of aromatic nitrogens is 2. The molecule has 5 N–H and O–H groups in total. The Labute approximate surface area is 117 Å². The molecule has 2 rings (SSSR count). The molecule has 1 aromatic carbocycles. The normalized spacial score (nSPS) is 11.6. The third kappa shape index (κ3) is 3.09. The van der Waals surface area contributed by atoms with E-state index in [4.69, 9.17) is 10.9 Å². The minimum Gasteiger partial charge on any atom is -0.399 e. The number of benzene rings is 1. The maximum atomic E-state index is 11.6. The van der Waals surface area contributed by atoms with E-state index in [9.17, 15) is 8.42 Å². The molecule has 8 heteroatoms. The van der Waals surface area contributed by atoms with E-state index in [2.05, 4.69) is 10.4 Å². The van der Waals surface area contributed by atoms with Crippen molar-refractivity contribution >= 4 is 21.4 Å². The second-order valence-corrected chi connectivity index (χ2v) is 6.10. The Kier molecular flexibility index (Phi) is 3.69. The highest BCUT2D eigenvalue weighted by Crippen LogP contribution is 2.23. The van der Waals surface area contributed by atoms with Gasteiger partial charge in [0.2, 0.25) is 10.0 Å². The van der Waals surface area contributed by atoms with Gasteiger partial charge in [-0.05, 0) is 25.1 Å². The van der Waals surface area contributed by atoms with E-state index in [1.807, 2.05) is 20.2 Å². The molecule has 0 amide bonds. The fourth-order valence-electron chi connectivity index (χ4n) is 1.93. The largest absolute Gasteiger partial charge is 0.399 e. The van der Waals surface area contributed by atoms with Crippen LogP contribution in [0.4, 0.5) is 11.4 Å². The van der Waals surface area contributed by atoms with Crippen LogP contribution < -0.4 is 16.2 Å². The van der Waals surface area contributed by atoms with Crippen molar-refractivity contribution in [3.63, 3.8) is 0 Å². The van der Waals surface area contributed by atoms with E-state index in [0.717, 1.165) is 11.3 Å². The van der Waals surface area contributed by atoms with Crippen LogP contribution >= 0.6 is 0 Å². The topological polar surface area (TPSA) is 116 Å². The average molecular weight is 295 g/mol. The summed E-state index contributed by atoms with van der Waals surface area (Å²) in [7, 11) is -2.00. The van der Waals surface area contributed by atoms with Crippen LogP contribution in [0.3, 0.4) is 0 Å². The summed E-state index contributed by atoms with van der Waals surface area (Å²) >= 11 is 0. The number of sulfonamides is 1. The van der Waals surface area contributed by atoms with Crippen molar-refractivity contribution < 1.29 is 8.42 Å². The summed E-state index contributed by atoms with van der Waals surface area (Å²) in [5.41, 5.74) is 8.22. The number of aryl methyl sites for hydroxylation is 2. The maximum absolute atomic E-state index is 11.6. The zero-order valence-electron chi connectivity index (χ0n) is 11.3. The van der Waals surface area contributed by atoms with Crippen molar-refractivity contribution in [3.05, 3.63) is 35.7 Å². The number of hydrogen-bond donors (Lipinski definition) is 3. The van der Waals surface area contributed by atoms with Crippen LogP contribution in [0.2, 0.25) is 0 Å². The Morgan fingerprint density at radius 3 is 2.65 bits per heavy atom. The fourth-order valence-corrected chi connectivity index (χ4v) is 2.68. The number of nitrogen functional groups attached to an aromatic ring is 1. The molecule has 20 heavy (non-hydrogen) atoms. The van der Waals surface area contributed by atoms with Crippen LogP contribution in [0.15, 0.2) is 29.3 Å². The summed E-state index contributed by atoms with van der Waals surface area (Å²) in [5, 5.41) is 12.5. The molecule has 2 aromatic rings. The minimum atomic E-state index is -3.83. The van der Waals surface area contributed by atoms with Crippen molar-refractivity contribution in [1.29, 1.82) is 0 Å². The molecule has 108 valence electrons. The van der Waals surface area contributed by atoms with Crippen molar-refractivity contribution in [2.45, 2.75) is 18.4 Å². The second-order valence-electron chi connectivity index (χ2n) is 4.57. The van der Waals surface area contributed by atoms with Gasteiger partial charge in [-0.25, -0.2) is 13.6 Å². The van der Waals surface area contributed by atoms with Gasteiger partial charge in [0.05, 0.1) is 11.4 Å². The minimum absolute atomic E-state index is 0.0148. The molecule has 0 saturated carbocycles. The molecule has 0 spiro atoms. The first-order chi connectivity index (χ1) is 9.27. The van der Waals surface area contributed by atoms with Gasteiger partial charge in [0.15, 0.2) is 0 Å². The van der Waals surface area contributed by atoms with Gasteiger partial charge >= 0.3 is 0 Å². The SMILES string of the molecule is Cc1nn(C)cc1CNc1ccc(N)cc1S(N)(=O)=O. The van der Waals surface area contributed by atoms with Crippen LogP contribution in [0.25, 0.3) is 0 Å². The van der Waals surface area contributed by atoms with Crippen LogP contribution in [0.1, 0.15) is 11.3 Å². The highest BCUT2D eigenvalue weighted by Gasteiger charge is 2.14. The average Bonchev–Trinajstić information content (AvgIpc) is 2.65. The van der Waals surface area contributed by atoms with Crippen molar-refractivity contribution in [1.82, 2.24) is 9.78 Å². The fraction of sp³-hybridized carbons (Fsp3) is 0.250. The van der Waals surface area contributed by atoms with Gasteiger partial charge in [-0.15, -0.1) is 0 Å². The summed E-state index contributed by atoms with van der Waals surface area (Å²) in [5.74, 6) is 0. The number of nitrogens with zero attached hydrogens (tertiary/aromatic N) is 2. The molecule has 0 aliphatic rings. The lowest BCUT2D eigenvalue weighted by Gasteiger charge is -2.11. The lowest BCUT2D eigenvalue weighted by Crippen LogP contribution is -2.15. The van der Waals surface area contributed by atoms with Gasteiger partial charge in [-0.1, -0.05) is 0 Å². The molecule has 0 aliphatic carbocycles. The maximum Gasteiger partial charge on any atom is 0.240 e. The van der Waals surface area contributed by atoms with Gasteiger partial charge < -0.3 is 11.1 Å². The van der Waals surface area contributed by atoms with Crippen LogP contribution in [0.5, 0.6) is 0 Å². The third-order valence-corrected chi connectivity index (χ3v) is 3.85. The van der Waals surface area contributed by atoms with E-state index in [0.29, 0.717) is 17.9 Å². The summed E-state index contributed by atoms with van der Waals surface area (Å²) < 4.78 is 24.8. The summed E-state index contributed by atoms with van der Waals surface area (Å²) in [6.07, 6.45) is 1.87. The highest BCUT2D eigenvalue weighted by molar-refractivity contribution is 7.89. The Morgan fingerprint density at radius 2 is 2.10 bits per heavy atom. The molecular formula is C12H17N5O2S. The molecule has 0 fully saturated rings. The number of primary sulfonamides is 1. The summed E-state index contributed by atoms with van der Waals surface area (Å²) in [6.45, 7) is 2.34. The lowest BCUT2D eigenvalue weighted by molar-refractivity contribution is 0.598. The van der Waals surface area contributed by atoms with Gasteiger partial charge in [0.1, 0.15) is 4.90 Å². The number of nitrogens with one attached hydrogen (secondary N) is 1. The lowest BCUT2D eigenvalue weighted by atomic mass is 10.2. The van der Waals surface area contributed by atoms with Crippen molar-refractivity contribution in [2.24, 2.45) is 12.2 Å². The van der Waals surface area contributed by atoms with Crippen LogP contribution in [0, 0.1) is 6.92 Å². The smallest absolute Gasteiger partial charge is 0.240 e. The molecule has 0 aliphatic heterocycles. The predicted molar refractivity (Wildman–Crippen MR) is 77.5 cm³/mol. The molecule has 7 nitrogen and oxygen atoms in total. The standard InChI is InChI=1S/C12H17N5O2S/c1-8-9(7-17(2)16-8)6-15-11-4-3-10(13)5-12(11)20(14,18)19/h3-5,7,15H,6,13H2,1-2H3,(H2,14,18,19). The van der Waals surface area contributed by atoms with E-state index >= 15 is 0 Å². The number of nitrogens with two attached hydrogens (primary N) is 2. The Hall–Kier alpha value is -2.06. The van der Waals surface area contributed by atoms with Crippen molar-refractivity contribution in [2.75, 3.05) is 11.1 Å². The number of hydrogen-bond acceptors (Lipinski definition) is 5. The monoisotopic (exact) mass is 295 g/mol. The zero-order valence-corrected chi connectivity index (χ0v) is 12.1. The first kappa shape index (κ1) is 14.4. The van der Waals surface area contributed by atoms with Crippen LogP contribution in [-0.2, 0) is 23.6 Å². The second kappa shape index (κ2) is 5.14. The van der Waals surface area contributed by atoms with Crippen LogP contribution in [-0.4, -0.2) is 18.2 Å². The zero-order chi connectivity index (χ0) is 14.9. The number of rotatable bonds is 4. The molecule has 1 aromatic heterocycles. The van der Waals surface area contributed by atoms with Gasteiger partial charge in [-0.2, -0.15) is 5.10 Å². The van der Waals surface area contributed by atoms with E-state index in [-0.39, 0.29) is 4.90 Å². The molecule has 0 unspecified atom stereocenters. The summed E-state index contributed by atoms with van der Waals surface area (Å²) in [4.78, 5) is -0.0148. The van der Waals surface area contributed by atoms with Gasteiger partial charge in [0, 0.05) is 31.0 Å².